The molecule has 1 aromatic heterocycles. The largest absolute Gasteiger partial charge is 0.298 e. The lowest BCUT2D eigenvalue weighted by Crippen LogP contribution is -2.20. The van der Waals surface area contributed by atoms with Crippen LogP contribution in [0.2, 0.25) is 0 Å². The lowest BCUT2D eigenvalue weighted by atomic mass is 10.1. The first kappa shape index (κ1) is 14.1. The van der Waals surface area contributed by atoms with Gasteiger partial charge in [0.2, 0.25) is 0 Å². The Bertz CT molecular complexity index is 645. The Morgan fingerprint density at radius 3 is 2.86 bits per heavy atom. The molecule has 3 nitrogen and oxygen atoms in total. The van der Waals surface area contributed by atoms with Crippen molar-refractivity contribution in [1.29, 1.82) is 0 Å². The Labute approximate surface area is 122 Å². The molecule has 0 spiro atoms. The number of rotatable bonds is 3. The van der Waals surface area contributed by atoms with Gasteiger partial charge in [0.15, 0.2) is 11.6 Å². The molecule has 1 aliphatic rings. The van der Waals surface area contributed by atoms with Crippen molar-refractivity contribution in [3.8, 4) is 0 Å². The molecule has 1 aliphatic heterocycles. The van der Waals surface area contributed by atoms with Gasteiger partial charge in [-0.2, -0.15) is 0 Å². The minimum absolute atomic E-state index is 0.315. The maximum atomic E-state index is 13.2. The molecule has 1 aromatic carbocycles. The van der Waals surface area contributed by atoms with Crippen molar-refractivity contribution in [2.24, 2.45) is 0 Å². The first-order chi connectivity index (χ1) is 10.1. The third kappa shape index (κ3) is 3.24. The topological polar surface area (TPSA) is 29.0 Å². The summed E-state index contributed by atoms with van der Waals surface area (Å²) in [5.41, 5.74) is 1.76. The van der Waals surface area contributed by atoms with Gasteiger partial charge < -0.3 is 0 Å². The molecule has 1 unspecified atom stereocenters. The summed E-state index contributed by atoms with van der Waals surface area (Å²) in [6, 6.07) is 5.97. The van der Waals surface area contributed by atoms with Crippen molar-refractivity contribution in [3.63, 3.8) is 0 Å². The van der Waals surface area contributed by atoms with Crippen molar-refractivity contribution in [2.45, 2.75) is 25.8 Å². The smallest absolute Gasteiger partial charge is 0.159 e. The fraction of sp³-hybridized carbons (Fsp3) is 0.375. The molecular formula is C16H17F2N3. The van der Waals surface area contributed by atoms with Crippen molar-refractivity contribution < 1.29 is 8.78 Å². The zero-order valence-corrected chi connectivity index (χ0v) is 11.9. The summed E-state index contributed by atoms with van der Waals surface area (Å²) in [6.07, 6.45) is 2.78. The molecular weight excluding hydrogens is 272 g/mol. The predicted molar refractivity (Wildman–Crippen MR) is 75.8 cm³/mol. The van der Waals surface area contributed by atoms with Crippen LogP contribution in [0, 0.1) is 18.6 Å². The summed E-state index contributed by atoms with van der Waals surface area (Å²) in [4.78, 5) is 11.0. The SMILES string of the molecule is Cc1ccnc(C2CCN(Cc3ccc(F)c(F)c3)C2)n1. The fourth-order valence-electron chi connectivity index (χ4n) is 2.75. The van der Waals surface area contributed by atoms with E-state index >= 15 is 0 Å². The molecule has 1 atom stereocenters. The van der Waals surface area contributed by atoms with E-state index in [4.69, 9.17) is 0 Å². The van der Waals surface area contributed by atoms with E-state index in [0.717, 1.165) is 36.6 Å². The highest BCUT2D eigenvalue weighted by molar-refractivity contribution is 5.18. The van der Waals surface area contributed by atoms with E-state index in [1.54, 1.807) is 12.3 Å². The van der Waals surface area contributed by atoms with Crippen LogP contribution in [-0.4, -0.2) is 28.0 Å². The zero-order chi connectivity index (χ0) is 14.8. The van der Waals surface area contributed by atoms with Gasteiger partial charge in [-0.1, -0.05) is 6.07 Å². The van der Waals surface area contributed by atoms with E-state index in [0.29, 0.717) is 12.5 Å². The highest BCUT2D eigenvalue weighted by Crippen LogP contribution is 2.26. The van der Waals surface area contributed by atoms with Gasteiger partial charge in [0, 0.05) is 30.9 Å². The Hall–Kier alpha value is -1.88. The number of likely N-dealkylation sites (tertiary alicyclic amines) is 1. The van der Waals surface area contributed by atoms with E-state index in [2.05, 4.69) is 14.9 Å². The van der Waals surface area contributed by atoms with Crippen LogP contribution in [0.4, 0.5) is 8.78 Å². The second-order valence-corrected chi connectivity index (χ2v) is 5.53. The van der Waals surface area contributed by atoms with Gasteiger partial charge in [-0.3, -0.25) is 4.90 Å². The molecule has 0 N–H and O–H groups in total. The number of benzene rings is 1. The van der Waals surface area contributed by atoms with Crippen molar-refractivity contribution >= 4 is 0 Å². The third-order valence-corrected chi connectivity index (χ3v) is 3.84. The maximum absolute atomic E-state index is 13.2. The van der Waals surface area contributed by atoms with Gasteiger partial charge >= 0.3 is 0 Å². The summed E-state index contributed by atoms with van der Waals surface area (Å²) in [7, 11) is 0. The lowest BCUT2D eigenvalue weighted by molar-refractivity contribution is 0.324. The number of hydrogen-bond acceptors (Lipinski definition) is 3. The first-order valence-corrected chi connectivity index (χ1v) is 7.07. The highest BCUT2D eigenvalue weighted by atomic mass is 19.2. The molecule has 3 rings (SSSR count). The molecule has 110 valence electrons. The van der Waals surface area contributed by atoms with Gasteiger partial charge in [0.05, 0.1) is 0 Å². The number of aryl methyl sites for hydroxylation is 1. The quantitative estimate of drug-likeness (QED) is 0.869. The summed E-state index contributed by atoms with van der Waals surface area (Å²) in [6.45, 7) is 4.35. The predicted octanol–water partition coefficient (Wildman–Crippen LogP) is 3.05. The van der Waals surface area contributed by atoms with Crippen molar-refractivity contribution in [1.82, 2.24) is 14.9 Å². The second-order valence-electron chi connectivity index (χ2n) is 5.53. The van der Waals surface area contributed by atoms with Crippen LogP contribution < -0.4 is 0 Å². The molecule has 5 heteroatoms. The molecule has 1 saturated heterocycles. The Morgan fingerprint density at radius 2 is 2.10 bits per heavy atom. The van der Waals surface area contributed by atoms with Crippen LogP contribution in [-0.2, 0) is 6.54 Å². The number of aromatic nitrogens is 2. The summed E-state index contributed by atoms with van der Waals surface area (Å²) in [5.74, 6) is -0.394. The van der Waals surface area contributed by atoms with Crippen LogP contribution >= 0.6 is 0 Å². The van der Waals surface area contributed by atoms with Crippen LogP contribution in [0.15, 0.2) is 30.5 Å². The van der Waals surface area contributed by atoms with E-state index in [9.17, 15) is 8.78 Å². The minimum Gasteiger partial charge on any atom is -0.298 e. The third-order valence-electron chi connectivity index (χ3n) is 3.84. The molecule has 0 aliphatic carbocycles. The second kappa shape index (κ2) is 5.85. The van der Waals surface area contributed by atoms with Gasteiger partial charge in [0.1, 0.15) is 5.82 Å². The van der Waals surface area contributed by atoms with E-state index in [1.807, 2.05) is 13.0 Å². The standard InChI is InChI=1S/C16H17F2N3/c1-11-4-6-19-16(20-11)13-5-7-21(10-13)9-12-2-3-14(17)15(18)8-12/h2-4,6,8,13H,5,7,9-10H2,1H3. The molecule has 0 amide bonds. The zero-order valence-electron chi connectivity index (χ0n) is 11.9. The molecule has 1 fully saturated rings. The Balaban J connectivity index is 1.65. The average molecular weight is 289 g/mol. The van der Waals surface area contributed by atoms with Crippen LogP contribution in [0.5, 0.6) is 0 Å². The number of halogens is 2. The molecule has 21 heavy (non-hydrogen) atoms. The monoisotopic (exact) mass is 289 g/mol. The molecule has 0 saturated carbocycles. The van der Waals surface area contributed by atoms with Gasteiger partial charge in [-0.25, -0.2) is 18.7 Å². The molecule has 2 aromatic rings. The maximum Gasteiger partial charge on any atom is 0.159 e. The van der Waals surface area contributed by atoms with Gasteiger partial charge in [-0.15, -0.1) is 0 Å². The van der Waals surface area contributed by atoms with Crippen LogP contribution in [0.1, 0.15) is 29.4 Å². The van der Waals surface area contributed by atoms with Crippen molar-refractivity contribution in [2.75, 3.05) is 13.1 Å². The summed E-state index contributed by atoms with van der Waals surface area (Å²) < 4.78 is 26.2. The molecule has 0 bridgehead atoms. The summed E-state index contributed by atoms with van der Waals surface area (Å²) >= 11 is 0. The average Bonchev–Trinajstić information content (AvgIpc) is 2.91. The summed E-state index contributed by atoms with van der Waals surface area (Å²) in [5, 5.41) is 0. The van der Waals surface area contributed by atoms with Gasteiger partial charge in [0.25, 0.3) is 0 Å². The van der Waals surface area contributed by atoms with Crippen LogP contribution in [0.3, 0.4) is 0 Å². The van der Waals surface area contributed by atoms with Crippen molar-refractivity contribution in [3.05, 3.63) is 59.2 Å². The molecule has 2 heterocycles. The normalized spacial score (nSPS) is 19.1. The highest BCUT2D eigenvalue weighted by Gasteiger charge is 2.26. The Kier molecular flexibility index (Phi) is 3.92. The van der Waals surface area contributed by atoms with Crippen LogP contribution in [0.25, 0.3) is 0 Å². The fourth-order valence-corrected chi connectivity index (χ4v) is 2.75. The van der Waals surface area contributed by atoms with E-state index in [-0.39, 0.29) is 0 Å². The Morgan fingerprint density at radius 1 is 1.24 bits per heavy atom. The van der Waals surface area contributed by atoms with E-state index in [1.165, 1.54) is 12.1 Å². The number of nitrogens with zero attached hydrogens (tertiary/aromatic N) is 3. The lowest BCUT2D eigenvalue weighted by Gasteiger charge is -2.16. The molecule has 0 radical (unpaired) electrons. The number of hydrogen-bond donors (Lipinski definition) is 0. The van der Waals surface area contributed by atoms with Gasteiger partial charge in [-0.05, 0) is 43.7 Å². The minimum atomic E-state index is -0.800. The van der Waals surface area contributed by atoms with E-state index < -0.39 is 11.6 Å². The first-order valence-electron chi connectivity index (χ1n) is 7.07.